The fraction of sp³-hybridized carbons (Fsp3) is 0.846. The molecule has 2 saturated heterocycles. The summed E-state index contributed by atoms with van der Waals surface area (Å²) >= 11 is 0. The smallest absolute Gasteiger partial charge is 0.309 e. The van der Waals surface area contributed by atoms with Crippen LogP contribution in [0.1, 0.15) is 26.7 Å². The molecule has 2 fully saturated rings. The summed E-state index contributed by atoms with van der Waals surface area (Å²) in [5, 5.41) is 9.26. The van der Waals surface area contributed by atoms with Crippen molar-refractivity contribution in [2.75, 3.05) is 26.3 Å². The quantitative estimate of drug-likeness (QED) is 0.813. The molecule has 0 aromatic heterocycles. The Bertz CT molecular complexity index is 351. The number of aliphatic carboxylic acids is 1. The Hall–Kier alpha value is -1.10. The van der Waals surface area contributed by atoms with Gasteiger partial charge in [-0.05, 0) is 6.42 Å². The lowest BCUT2D eigenvalue weighted by molar-refractivity contribution is -0.165. The van der Waals surface area contributed by atoms with Gasteiger partial charge in [0.15, 0.2) is 0 Å². The van der Waals surface area contributed by atoms with Gasteiger partial charge in [0.2, 0.25) is 5.91 Å². The van der Waals surface area contributed by atoms with Gasteiger partial charge in [-0.15, -0.1) is 0 Å². The lowest BCUT2D eigenvalue weighted by Crippen LogP contribution is -2.51. The van der Waals surface area contributed by atoms with Crippen molar-refractivity contribution in [2.24, 2.45) is 17.3 Å². The van der Waals surface area contributed by atoms with E-state index in [1.807, 2.05) is 6.92 Å². The first-order valence-corrected chi connectivity index (χ1v) is 6.59. The van der Waals surface area contributed by atoms with Crippen LogP contribution in [0.2, 0.25) is 0 Å². The van der Waals surface area contributed by atoms with Crippen molar-refractivity contribution in [3.8, 4) is 0 Å². The van der Waals surface area contributed by atoms with E-state index in [1.54, 1.807) is 4.90 Å². The van der Waals surface area contributed by atoms with E-state index in [-0.39, 0.29) is 17.2 Å². The van der Waals surface area contributed by atoms with Gasteiger partial charge in [-0.2, -0.15) is 0 Å². The average Bonchev–Trinajstić information content (AvgIpc) is 2.68. The number of carboxylic acid groups (broad SMARTS) is 1. The van der Waals surface area contributed by atoms with E-state index < -0.39 is 11.9 Å². The highest BCUT2D eigenvalue weighted by molar-refractivity contribution is 5.81. The molecule has 0 bridgehead atoms. The molecule has 2 aliphatic heterocycles. The third-order valence-electron chi connectivity index (χ3n) is 4.18. The molecule has 2 heterocycles. The maximum absolute atomic E-state index is 12.2. The number of hydrogen-bond acceptors (Lipinski definition) is 3. The fourth-order valence-corrected chi connectivity index (χ4v) is 3.00. The molecule has 0 saturated carbocycles. The Balaban J connectivity index is 2.05. The summed E-state index contributed by atoms with van der Waals surface area (Å²) in [6.45, 7) is 5.78. The average molecular weight is 255 g/mol. The summed E-state index contributed by atoms with van der Waals surface area (Å²) < 4.78 is 5.18. The molecule has 1 spiro atoms. The normalized spacial score (nSPS) is 27.0. The number of hydrogen-bond donors (Lipinski definition) is 1. The molecule has 0 radical (unpaired) electrons. The van der Waals surface area contributed by atoms with E-state index in [0.717, 1.165) is 12.8 Å². The minimum absolute atomic E-state index is 0.0133. The van der Waals surface area contributed by atoms with E-state index in [9.17, 15) is 14.7 Å². The van der Waals surface area contributed by atoms with Crippen molar-refractivity contribution in [1.29, 1.82) is 0 Å². The van der Waals surface area contributed by atoms with Gasteiger partial charge in [-0.25, -0.2) is 0 Å². The van der Waals surface area contributed by atoms with Crippen LogP contribution < -0.4 is 0 Å². The van der Waals surface area contributed by atoms with E-state index in [2.05, 4.69) is 6.92 Å². The zero-order chi connectivity index (χ0) is 13.3. The van der Waals surface area contributed by atoms with Gasteiger partial charge in [0.05, 0.1) is 19.1 Å². The molecule has 0 aliphatic carbocycles. The lowest BCUT2D eigenvalue weighted by atomic mass is 9.76. The molecule has 2 unspecified atom stereocenters. The molecular formula is C13H21NO4. The minimum Gasteiger partial charge on any atom is -0.481 e. The Morgan fingerprint density at radius 1 is 1.50 bits per heavy atom. The second-order valence-corrected chi connectivity index (χ2v) is 5.65. The predicted octanol–water partition coefficient (Wildman–Crippen LogP) is 0.982. The fourth-order valence-electron chi connectivity index (χ4n) is 3.00. The summed E-state index contributed by atoms with van der Waals surface area (Å²) in [5.74, 6) is -1.20. The van der Waals surface area contributed by atoms with Crippen LogP contribution >= 0.6 is 0 Å². The van der Waals surface area contributed by atoms with Gasteiger partial charge in [-0.1, -0.05) is 20.3 Å². The van der Waals surface area contributed by atoms with Gasteiger partial charge in [-0.3, -0.25) is 9.59 Å². The van der Waals surface area contributed by atoms with Crippen molar-refractivity contribution in [3.05, 3.63) is 0 Å². The lowest BCUT2D eigenvalue weighted by Gasteiger charge is -2.40. The maximum Gasteiger partial charge on any atom is 0.309 e. The van der Waals surface area contributed by atoms with Crippen LogP contribution in [0.4, 0.5) is 0 Å². The molecule has 2 aliphatic rings. The van der Waals surface area contributed by atoms with Crippen molar-refractivity contribution in [2.45, 2.75) is 26.7 Å². The van der Waals surface area contributed by atoms with Crippen molar-refractivity contribution in [1.82, 2.24) is 4.90 Å². The molecule has 0 aromatic rings. The molecular weight excluding hydrogens is 234 g/mol. The number of carbonyl (C=O) groups is 2. The largest absolute Gasteiger partial charge is 0.481 e. The van der Waals surface area contributed by atoms with E-state index in [0.29, 0.717) is 26.3 Å². The number of carboxylic acids is 1. The van der Waals surface area contributed by atoms with Gasteiger partial charge in [0.25, 0.3) is 0 Å². The van der Waals surface area contributed by atoms with Gasteiger partial charge >= 0.3 is 5.97 Å². The Labute approximate surface area is 107 Å². The summed E-state index contributed by atoms with van der Waals surface area (Å²) in [4.78, 5) is 25.2. The highest BCUT2D eigenvalue weighted by Crippen LogP contribution is 2.43. The number of likely N-dealkylation sites (tertiary alicyclic amines) is 1. The molecule has 2 rings (SSSR count). The van der Waals surface area contributed by atoms with E-state index in [4.69, 9.17) is 4.74 Å². The topological polar surface area (TPSA) is 66.8 Å². The SMILES string of the molecule is CCCC(C)C(=O)N1CC(C(=O)O)C2(COC2)C1. The van der Waals surface area contributed by atoms with Crippen LogP contribution in [0, 0.1) is 17.3 Å². The first-order chi connectivity index (χ1) is 8.50. The van der Waals surface area contributed by atoms with Crippen LogP contribution in [0.3, 0.4) is 0 Å². The summed E-state index contributed by atoms with van der Waals surface area (Å²) in [6.07, 6.45) is 1.83. The van der Waals surface area contributed by atoms with E-state index >= 15 is 0 Å². The third kappa shape index (κ3) is 2.11. The second-order valence-electron chi connectivity index (χ2n) is 5.65. The summed E-state index contributed by atoms with van der Waals surface area (Å²) in [7, 11) is 0. The molecule has 1 N–H and O–H groups in total. The Morgan fingerprint density at radius 2 is 2.17 bits per heavy atom. The monoisotopic (exact) mass is 255 g/mol. The van der Waals surface area contributed by atoms with Gasteiger partial charge in [0, 0.05) is 24.4 Å². The second kappa shape index (κ2) is 4.88. The van der Waals surface area contributed by atoms with Crippen LogP contribution in [0.15, 0.2) is 0 Å². The standard InChI is InChI=1S/C13H21NO4/c1-3-4-9(2)11(15)14-5-10(12(16)17)13(6-14)7-18-8-13/h9-10H,3-8H2,1-2H3,(H,16,17). The van der Waals surface area contributed by atoms with Crippen LogP contribution in [0.5, 0.6) is 0 Å². The molecule has 0 aromatic carbocycles. The highest BCUT2D eigenvalue weighted by atomic mass is 16.5. The van der Waals surface area contributed by atoms with Crippen molar-refractivity contribution in [3.63, 3.8) is 0 Å². The first kappa shape index (κ1) is 13.3. The van der Waals surface area contributed by atoms with Gasteiger partial charge in [0.1, 0.15) is 0 Å². The molecule has 2 atom stereocenters. The zero-order valence-corrected chi connectivity index (χ0v) is 11.0. The number of carbonyl (C=O) groups excluding carboxylic acids is 1. The molecule has 18 heavy (non-hydrogen) atoms. The Morgan fingerprint density at radius 3 is 2.56 bits per heavy atom. The van der Waals surface area contributed by atoms with Crippen LogP contribution in [-0.4, -0.2) is 48.2 Å². The predicted molar refractivity (Wildman–Crippen MR) is 65.0 cm³/mol. The van der Waals surface area contributed by atoms with E-state index in [1.165, 1.54) is 0 Å². The molecule has 5 heteroatoms. The summed E-state index contributed by atoms with van der Waals surface area (Å²) in [5.41, 5.74) is -0.326. The summed E-state index contributed by atoms with van der Waals surface area (Å²) in [6, 6.07) is 0. The molecule has 1 amide bonds. The van der Waals surface area contributed by atoms with Gasteiger partial charge < -0.3 is 14.7 Å². The highest BCUT2D eigenvalue weighted by Gasteiger charge is 2.56. The number of ether oxygens (including phenoxy) is 1. The number of amides is 1. The minimum atomic E-state index is -0.809. The van der Waals surface area contributed by atoms with Crippen molar-refractivity contribution >= 4 is 11.9 Å². The molecule has 102 valence electrons. The van der Waals surface area contributed by atoms with Crippen LogP contribution in [0.25, 0.3) is 0 Å². The van der Waals surface area contributed by atoms with Crippen LogP contribution in [-0.2, 0) is 14.3 Å². The Kier molecular flexibility index (Phi) is 3.61. The first-order valence-electron chi connectivity index (χ1n) is 6.59. The number of rotatable bonds is 4. The molecule has 5 nitrogen and oxygen atoms in total. The third-order valence-corrected chi connectivity index (χ3v) is 4.18. The van der Waals surface area contributed by atoms with Crippen molar-refractivity contribution < 1.29 is 19.4 Å². The zero-order valence-electron chi connectivity index (χ0n) is 11.0. The maximum atomic E-state index is 12.2. The number of nitrogens with zero attached hydrogens (tertiary/aromatic N) is 1.